The molecule has 0 saturated carbocycles. The highest BCUT2D eigenvalue weighted by Gasteiger charge is 2.20. The minimum Gasteiger partial charge on any atom is -0.468 e. The number of hydrogen-bond donors (Lipinski definition) is 1. The Morgan fingerprint density at radius 2 is 2.08 bits per heavy atom. The standard InChI is InChI=1S/C9H19NO2.ClH/c1-4-5-6-7(2)8(10)9(11)12-3;/h7-8H,4-6,10H2,1-3H3;1H. The molecule has 80 valence electrons. The van der Waals surface area contributed by atoms with E-state index >= 15 is 0 Å². The molecule has 0 aromatic carbocycles. The van der Waals surface area contributed by atoms with Gasteiger partial charge in [0.25, 0.3) is 0 Å². The molecule has 0 aliphatic heterocycles. The molecule has 0 aromatic rings. The molecular formula is C9H20ClNO2. The van der Waals surface area contributed by atoms with E-state index in [0.29, 0.717) is 0 Å². The van der Waals surface area contributed by atoms with Crippen LogP contribution in [0.4, 0.5) is 0 Å². The fourth-order valence-electron chi connectivity index (χ4n) is 1.07. The molecule has 0 fully saturated rings. The molecule has 2 N–H and O–H groups in total. The molecule has 0 spiro atoms. The lowest BCUT2D eigenvalue weighted by atomic mass is 9.97. The van der Waals surface area contributed by atoms with Gasteiger partial charge in [0.15, 0.2) is 0 Å². The first-order chi connectivity index (χ1) is 5.63. The number of esters is 1. The summed E-state index contributed by atoms with van der Waals surface area (Å²) < 4.78 is 4.55. The number of carbonyl (C=O) groups is 1. The summed E-state index contributed by atoms with van der Waals surface area (Å²) in [5.41, 5.74) is 5.64. The van der Waals surface area contributed by atoms with Gasteiger partial charge in [-0.1, -0.05) is 26.7 Å². The maximum absolute atomic E-state index is 11.0. The number of rotatable bonds is 5. The fraction of sp³-hybridized carbons (Fsp3) is 0.889. The average molecular weight is 210 g/mol. The topological polar surface area (TPSA) is 52.3 Å². The van der Waals surface area contributed by atoms with Gasteiger partial charge in [0.2, 0.25) is 0 Å². The van der Waals surface area contributed by atoms with Crippen LogP contribution >= 0.6 is 12.4 Å². The van der Waals surface area contributed by atoms with Gasteiger partial charge in [0.1, 0.15) is 6.04 Å². The third-order valence-corrected chi connectivity index (χ3v) is 2.10. The largest absolute Gasteiger partial charge is 0.468 e. The summed E-state index contributed by atoms with van der Waals surface area (Å²) in [7, 11) is 1.37. The zero-order valence-corrected chi connectivity index (χ0v) is 9.39. The van der Waals surface area contributed by atoms with E-state index in [2.05, 4.69) is 11.7 Å². The molecule has 4 heteroatoms. The second kappa shape index (κ2) is 8.32. The summed E-state index contributed by atoms with van der Waals surface area (Å²) in [4.78, 5) is 11.0. The van der Waals surface area contributed by atoms with Crippen LogP contribution in [0.5, 0.6) is 0 Å². The molecule has 2 atom stereocenters. The molecule has 0 bridgehead atoms. The smallest absolute Gasteiger partial charge is 0.322 e. The highest BCUT2D eigenvalue weighted by atomic mass is 35.5. The normalized spacial score (nSPS) is 14.2. The highest BCUT2D eigenvalue weighted by molar-refractivity contribution is 5.85. The Kier molecular flexibility index (Phi) is 9.74. The van der Waals surface area contributed by atoms with Crippen molar-refractivity contribution < 1.29 is 9.53 Å². The lowest BCUT2D eigenvalue weighted by Crippen LogP contribution is -2.37. The van der Waals surface area contributed by atoms with E-state index < -0.39 is 6.04 Å². The van der Waals surface area contributed by atoms with Gasteiger partial charge in [-0.2, -0.15) is 0 Å². The van der Waals surface area contributed by atoms with E-state index in [1.807, 2.05) is 6.92 Å². The van der Waals surface area contributed by atoms with E-state index in [1.165, 1.54) is 7.11 Å². The van der Waals surface area contributed by atoms with Crippen LogP contribution in [0.15, 0.2) is 0 Å². The Hall–Kier alpha value is -0.280. The molecule has 3 nitrogen and oxygen atoms in total. The van der Waals surface area contributed by atoms with Crippen LogP contribution in [-0.4, -0.2) is 19.1 Å². The van der Waals surface area contributed by atoms with Crippen molar-refractivity contribution in [3.05, 3.63) is 0 Å². The molecule has 2 unspecified atom stereocenters. The van der Waals surface area contributed by atoms with Crippen molar-refractivity contribution in [3.8, 4) is 0 Å². The predicted octanol–water partition coefficient (Wildman–Crippen LogP) is 1.73. The minimum absolute atomic E-state index is 0. The van der Waals surface area contributed by atoms with Crippen LogP contribution in [0.25, 0.3) is 0 Å². The average Bonchev–Trinajstić information content (AvgIpc) is 2.11. The summed E-state index contributed by atoms with van der Waals surface area (Å²) in [5.74, 6) is -0.0870. The quantitative estimate of drug-likeness (QED) is 0.702. The first-order valence-electron chi connectivity index (χ1n) is 4.46. The second-order valence-electron chi connectivity index (χ2n) is 3.17. The number of ether oxygens (including phenoxy) is 1. The summed E-state index contributed by atoms with van der Waals surface area (Å²) in [6.45, 7) is 4.10. The molecular weight excluding hydrogens is 190 g/mol. The molecule has 13 heavy (non-hydrogen) atoms. The van der Waals surface area contributed by atoms with Crippen LogP contribution in [0.1, 0.15) is 33.1 Å². The van der Waals surface area contributed by atoms with Gasteiger partial charge < -0.3 is 10.5 Å². The minimum atomic E-state index is -0.457. The maximum atomic E-state index is 11.0. The monoisotopic (exact) mass is 209 g/mol. The lowest BCUT2D eigenvalue weighted by molar-refractivity contribution is -0.143. The number of halogens is 1. The van der Waals surface area contributed by atoms with E-state index in [-0.39, 0.29) is 24.3 Å². The molecule has 0 saturated heterocycles. The molecule has 0 aliphatic rings. The Labute approximate surface area is 86.4 Å². The van der Waals surface area contributed by atoms with Crippen molar-refractivity contribution in [1.29, 1.82) is 0 Å². The van der Waals surface area contributed by atoms with E-state index in [4.69, 9.17) is 5.73 Å². The van der Waals surface area contributed by atoms with Gasteiger partial charge in [-0.3, -0.25) is 4.79 Å². The number of carbonyl (C=O) groups excluding carboxylic acids is 1. The first kappa shape index (κ1) is 15.2. The molecule has 0 aromatic heterocycles. The van der Waals surface area contributed by atoms with Crippen LogP contribution in [0.2, 0.25) is 0 Å². The van der Waals surface area contributed by atoms with Crippen molar-refractivity contribution in [1.82, 2.24) is 0 Å². The Bertz CT molecular complexity index is 142. The lowest BCUT2D eigenvalue weighted by Gasteiger charge is -2.16. The van der Waals surface area contributed by atoms with Crippen molar-refractivity contribution in [2.75, 3.05) is 7.11 Å². The van der Waals surface area contributed by atoms with E-state index in [1.54, 1.807) is 0 Å². The molecule has 0 rings (SSSR count). The van der Waals surface area contributed by atoms with Gasteiger partial charge >= 0.3 is 5.97 Å². The van der Waals surface area contributed by atoms with E-state index in [9.17, 15) is 4.79 Å². The van der Waals surface area contributed by atoms with Crippen molar-refractivity contribution in [2.45, 2.75) is 39.2 Å². The van der Waals surface area contributed by atoms with Crippen LogP contribution in [0, 0.1) is 5.92 Å². The van der Waals surface area contributed by atoms with Gasteiger partial charge in [0.05, 0.1) is 7.11 Å². The Morgan fingerprint density at radius 3 is 2.46 bits per heavy atom. The van der Waals surface area contributed by atoms with Crippen LogP contribution < -0.4 is 5.73 Å². The summed E-state index contributed by atoms with van der Waals surface area (Å²) in [6.07, 6.45) is 3.25. The van der Waals surface area contributed by atoms with Gasteiger partial charge in [0, 0.05) is 0 Å². The summed E-state index contributed by atoms with van der Waals surface area (Å²) in [5, 5.41) is 0. The van der Waals surface area contributed by atoms with Crippen molar-refractivity contribution in [2.24, 2.45) is 11.7 Å². The predicted molar refractivity (Wildman–Crippen MR) is 55.9 cm³/mol. The zero-order chi connectivity index (χ0) is 9.56. The molecule has 0 radical (unpaired) electrons. The Morgan fingerprint density at radius 1 is 1.54 bits per heavy atom. The van der Waals surface area contributed by atoms with Crippen molar-refractivity contribution >= 4 is 18.4 Å². The third-order valence-electron chi connectivity index (χ3n) is 2.10. The number of hydrogen-bond acceptors (Lipinski definition) is 3. The summed E-state index contributed by atoms with van der Waals surface area (Å²) in [6, 6.07) is -0.457. The second-order valence-corrected chi connectivity index (χ2v) is 3.17. The fourth-order valence-corrected chi connectivity index (χ4v) is 1.07. The SMILES string of the molecule is CCCCC(C)C(N)C(=O)OC.Cl. The molecule has 0 heterocycles. The number of nitrogens with two attached hydrogens (primary N) is 1. The first-order valence-corrected chi connectivity index (χ1v) is 4.46. The van der Waals surface area contributed by atoms with Gasteiger partial charge in [-0.15, -0.1) is 12.4 Å². The Balaban J connectivity index is 0. The van der Waals surface area contributed by atoms with Crippen LogP contribution in [-0.2, 0) is 9.53 Å². The molecule has 0 amide bonds. The van der Waals surface area contributed by atoms with E-state index in [0.717, 1.165) is 19.3 Å². The van der Waals surface area contributed by atoms with Gasteiger partial charge in [-0.25, -0.2) is 0 Å². The molecule has 0 aliphatic carbocycles. The van der Waals surface area contributed by atoms with Crippen molar-refractivity contribution in [3.63, 3.8) is 0 Å². The summed E-state index contributed by atoms with van der Waals surface area (Å²) >= 11 is 0. The van der Waals surface area contributed by atoms with Gasteiger partial charge in [-0.05, 0) is 12.3 Å². The maximum Gasteiger partial charge on any atom is 0.322 e. The van der Waals surface area contributed by atoms with Crippen LogP contribution in [0.3, 0.4) is 0 Å². The number of methoxy groups -OCH3 is 1. The zero-order valence-electron chi connectivity index (χ0n) is 8.58. The highest BCUT2D eigenvalue weighted by Crippen LogP contribution is 2.11. The number of unbranched alkanes of at least 4 members (excludes halogenated alkanes) is 1. The third kappa shape index (κ3) is 5.88.